The molecule has 0 aromatic carbocycles. The lowest BCUT2D eigenvalue weighted by Gasteiger charge is -2.15. The molecule has 2 heterocycles. The molecule has 110 valence electrons. The molecule has 0 radical (unpaired) electrons. The smallest absolute Gasteiger partial charge is 0.0373 e. The first-order chi connectivity index (χ1) is 9.75. The zero-order valence-electron chi connectivity index (χ0n) is 13.4. The summed E-state index contributed by atoms with van der Waals surface area (Å²) >= 11 is 0. The summed E-state index contributed by atoms with van der Waals surface area (Å²) in [5.41, 5.74) is 3.60. The van der Waals surface area contributed by atoms with Crippen molar-refractivity contribution in [3.8, 4) is 0 Å². The Morgan fingerprint density at radius 1 is 1.15 bits per heavy atom. The van der Waals surface area contributed by atoms with Gasteiger partial charge in [-0.2, -0.15) is 0 Å². The fourth-order valence-corrected chi connectivity index (χ4v) is 2.16. The molecule has 0 aliphatic carbocycles. The Balaban J connectivity index is 0.000000956. The van der Waals surface area contributed by atoms with Crippen molar-refractivity contribution < 1.29 is 0 Å². The van der Waals surface area contributed by atoms with E-state index >= 15 is 0 Å². The van der Waals surface area contributed by atoms with Gasteiger partial charge in [-0.05, 0) is 57.0 Å². The van der Waals surface area contributed by atoms with Crippen LogP contribution >= 0.6 is 0 Å². The molecule has 0 bridgehead atoms. The zero-order valence-corrected chi connectivity index (χ0v) is 13.4. The van der Waals surface area contributed by atoms with Crippen LogP contribution in [0.4, 0.5) is 0 Å². The molecule has 0 spiro atoms. The molecule has 0 saturated carbocycles. The third-order valence-corrected chi connectivity index (χ3v) is 3.32. The molecule has 1 aromatic rings. The van der Waals surface area contributed by atoms with E-state index in [9.17, 15) is 0 Å². The lowest BCUT2D eigenvalue weighted by molar-refractivity contribution is 0.359. The lowest BCUT2D eigenvalue weighted by Crippen LogP contribution is -2.19. The number of aromatic nitrogens is 1. The van der Waals surface area contributed by atoms with Gasteiger partial charge in [0.25, 0.3) is 0 Å². The van der Waals surface area contributed by atoms with Gasteiger partial charge >= 0.3 is 0 Å². The summed E-state index contributed by atoms with van der Waals surface area (Å²) in [4.78, 5) is 6.75. The van der Waals surface area contributed by atoms with Gasteiger partial charge in [-0.1, -0.05) is 38.1 Å². The first-order valence-electron chi connectivity index (χ1n) is 7.74. The van der Waals surface area contributed by atoms with E-state index in [-0.39, 0.29) is 0 Å². The highest BCUT2D eigenvalue weighted by atomic mass is 15.1. The van der Waals surface area contributed by atoms with E-state index in [0.29, 0.717) is 0 Å². The van der Waals surface area contributed by atoms with E-state index in [1.165, 1.54) is 30.5 Å². The van der Waals surface area contributed by atoms with Gasteiger partial charge < -0.3 is 4.90 Å². The molecule has 2 nitrogen and oxygen atoms in total. The Bertz CT molecular complexity index is 429. The maximum Gasteiger partial charge on any atom is 0.0373 e. The van der Waals surface area contributed by atoms with Crippen LogP contribution in [-0.4, -0.2) is 30.0 Å². The molecule has 0 amide bonds. The Hall–Kier alpha value is -1.41. The highest BCUT2D eigenvalue weighted by molar-refractivity contribution is 5.73. The summed E-state index contributed by atoms with van der Waals surface area (Å²) in [6.45, 7) is 8.24. The van der Waals surface area contributed by atoms with Crippen LogP contribution in [-0.2, 0) is 0 Å². The van der Waals surface area contributed by atoms with E-state index in [1.807, 2.05) is 27.0 Å². The SMILES string of the molecule is CC.Cc1ccc(C2=C/CCCCN(C)C/C=C\2)cn1. The Kier molecular flexibility index (Phi) is 7.89. The van der Waals surface area contributed by atoms with Crippen molar-refractivity contribution >= 4 is 5.57 Å². The second-order valence-electron chi connectivity index (χ2n) is 5.01. The number of hydrogen-bond acceptors (Lipinski definition) is 2. The van der Waals surface area contributed by atoms with E-state index < -0.39 is 0 Å². The standard InChI is InChI=1S/C16H22N2.C2H6/c1-14-9-10-16(13-17-14)15-7-4-3-5-11-18(2)12-6-8-15;1-2/h6-10,13H,3-5,11-12H2,1-2H3;1-2H3/b8-6-,15-7+;. The number of rotatable bonds is 1. The number of aryl methyl sites for hydroxylation is 1. The first-order valence-corrected chi connectivity index (χ1v) is 7.74. The summed E-state index contributed by atoms with van der Waals surface area (Å²) in [5, 5.41) is 0. The van der Waals surface area contributed by atoms with Gasteiger partial charge in [0.1, 0.15) is 0 Å². The van der Waals surface area contributed by atoms with Crippen molar-refractivity contribution in [2.45, 2.75) is 40.0 Å². The minimum atomic E-state index is 1.02. The van der Waals surface area contributed by atoms with Crippen LogP contribution in [0.5, 0.6) is 0 Å². The summed E-state index contributed by atoms with van der Waals surface area (Å²) in [6, 6.07) is 4.24. The first kappa shape index (κ1) is 16.6. The molecule has 2 rings (SSSR count). The number of pyridine rings is 1. The summed E-state index contributed by atoms with van der Waals surface area (Å²) in [5.74, 6) is 0. The Labute approximate surface area is 124 Å². The fourth-order valence-electron chi connectivity index (χ4n) is 2.16. The zero-order chi connectivity index (χ0) is 14.8. The van der Waals surface area contributed by atoms with E-state index in [4.69, 9.17) is 0 Å². The predicted octanol–water partition coefficient (Wildman–Crippen LogP) is 4.47. The molecule has 2 heteroatoms. The van der Waals surface area contributed by atoms with Gasteiger partial charge in [0, 0.05) is 18.4 Å². The second-order valence-corrected chi connectivity index (χ2v) is 5.01. The van der Waals surface area contributed by atoms with Crippen molar-refractivity contribution in [2.75, 3.05) is 20.1 Å². The highest BCUT2D eigenvalue weighted by Gasteiger charge is 2.01. The molecule has 20 heavy (non-hydrogen) atoms. The van der Waals surface area contributed by atoms with E-state index in [2.05, 4.69) is 47.3 Å². The molecule has 1 aromatic heterocycles. The van der Waals surface area contributed by atoms with Gasteiger partial charge in [0.15, 0.2) is 0 Å². The summed E-state index contributed by atoms with van der Waals surface area (Å²) in [6.07, 6.45) is 12.5. The predicted molar refractivity (Wildman–Crippen MR) is 88.8 cm³/mol. The second kappa shape index (κ2) is 9.49. The minimum absolute atomic E-state index is 1.02. The molecule has 0 N–H and O–H groups in total. The highest BCUT2D eigenvalue weighted by Crippen LogP contribution is 2.18. The lowest BCUT2D eigenvalue weighted by atomic mass is 10.0. The van der Waals surface area contributed by atoms with Gasteiger partial charge in [-0.3, -0.25) is 4.98 Å². The van der Waals surface area contributed by atoms with Crippen LogP contribution in [0, 0.1) is 6.92 Å². The normalized spacial score (nSPS) is 21.1. The number of likely N-dealkylation sites (N-methyl/N-ethyl adjacent to an activating group) is 1. The topological polar surface area (TPSA) is 16.1 Å². The van der Waals surface area contributed by atoms with Crippen LogP contribution in [0.2, 0.25) is 0 Å². The molecule has 0 atom stereocenters. The van der Waals surface area contributed by atoms with Gasteiger partial charge in [-0.25, -0.2) is 0 Å². The number of nitrogens with zero attached hydrogens (tertiary/aromatic N) is 2. The number of hydrogen-bond donors (Lipinski definition) is 0. The van der Waals surface area contributed by atoms with Crippen LogP contribution < -0.4 is 0 Å². The van der Waals surface area contributed by atoms with Crippen molar-refractivity contribution in [1.82, 2.24) is 9.88 Å². The molecule has 1 aliphatic rings. The maximum atomic E-state index is 4.38. The molecule has 0 saturated heterocycles. The fraction of sp³-hybridized carbons (Fsp3) is 0.500. The van der Waals surface area contributed by atoms with Crippen LogP contribution in [0.15, 0.2) is 36.6 Å². The maximum absolute atomic E-state index is 4.38. The Morgan fingerprint density at radius 3 is 2.65 bits per heavy atom. The quantitative estimate of drug-likeness (QED) is 0.749. The third-order valence-electron chi connectivity index (χ3n) is 3.32. The largest absolute Gasteiger partial charge is 0.303 e. The Morgan fingerprint density at radius 2 is 1.95 bits per heavy atom. The molecule has 0 fully saturated rings. The minimum Gasteiger partial charge on any atom is -0.303 e. The van der Waals surface area contributed by atoms with Crippen LogP contribution in [0.1, 0.15) is 44.4 Å². The van der Waals surface area contributed by atoms with Gasteiger partial charge in [-0.15, -0.1) is 0 Å². The molecule has 0 unspecified atom stereocenters. The number of allylic oxidation sites excluding steroid dienone is 3. The molecular formula is C18H28N2. The van der Waals surface area contributed by atoms with Crippen molar-refractivity contribution in [2.24, 2.45) is 0 Å². The van der Waals surface area contributed by atoms with E-state index in [0.717, 1.165) is 18.7 Å². The molecule has 1 aliphatic heterocycles. The van der Waals surface area contributed by atoms with Crippen molar-refractivity contribution in [3.63, 3.8) is 0 Å². The van der Waals surface area contributed by atoms with Gasteiger partial charge in [0.2, 0.25) is 0 Å². The third kappa shape index (κ3) is 5.70. The van der Waals surface area contributed by atoms with Crippen LogP contribution in [0.25, 0.3) is 5.57 Å². The van der Waals surface area contributed by atoms with Crippen molar-refractivity contribution in [1.29, 1.82) is 0 Å². The summed E-state index contributed by atoms with van der Waals surface area (Å²) in [7, 11) is 2.18. The molecular weight excluding hydrogens is 244 g/mol. The van der Waals surface area contributed by atoms with Crippen molar-refractivity contribution in [3.05, 3.63) is 47.8 Å². The monoisotopic (exact) mass is 272 g/mol. The van der Waals surface area contributed by atoms with Gasteiger partial charge in [0.05, 0.1) is 0 Å². The van der Waals surface area contributed by atoms with Crippen LogP contribution in [0.3, 0.4) is 0 Å². The summed E-state index contributed by atoms with van der Waals surface area (Å²) < 4.78 is 0. The average molecular weight is 272 g/mol. The van der Waals surface area contributed by atoms with E-state index in [1.54, 1.807) is 0 Å². The average Bonchev–Trinajstić information content (AvgIpc) is 2.48.